The number of hydrogen-bond acceptors (Lipinski definition) is 8. The number of esters is 2. The van der Waals surface area contributed by atoms with Crippen molar-refractivity contribution in [1.29, 1.82) is 0 Å². The van der Waals surface area contributed by atoms with Crippen LogP contribution in [-0.2, 0) is 40.0 Å². The Morgan fingerprint density at radius 2 is 1.42 bits per heavy atom. The highest BCUT2D eigenvalue weighted by atomic mass is 16.6. The van der Waals surface area contributed by atoms with E-state index in [2.05, 4.69) is 20.1 Å². The van der Waals surface area contributed by atoms with E-state index < -0.39 is 59.7 Å². The van der Waals surface area contributed by atoms with Gasteiger partial charge in [-0.05, 0) is 11.5 Å². The van der Waals surface area contributed by atoms with Crippen molar-refractivity contribution in [2.24, 2.45) is 17.8 Å². The van der Waals surface area contributed by atoms with Crippen molar-refractivity contribution >= 4 is 29.9 Å². The van der Waals surface area contributed by atoms with E-state index in [0.717, 1.165) is 19.8 Å². The van der Waals surface area contributed by atoms with Gasteiger partial charge in [0.1, 0.15) is 18.7 Å². The Bertz CT molecular complexity index is 826. The molecule has 2 amide bonds. The standard InChI is InChI=1S/C22H30N2O9/c1-12(2)16(24-22(30)33-11-14-9-7-6-8-10-14)18(25)23-17(19(26)27)13(3)15(20(28)31-4)21(29)32-5/h6-10,12-13,15-17H,11H2,1-5H3,(H,23,25)(H,24,30)(H,26,27)/t13-,16+,17-/m0/s1. The molecular weight excluding hydrogens is 436 g/mol. The molecule has 0 aliphatic carbocycles. The topological polar surface area (TPSA) is 157 Å². The summed E-state index contributed by atoms with van der Waals surface area (Å²) in [6.07, 6.45) is -0.866. The first-order valence-corrected chi connectivity index (χ1v) is 10.2. The predicted molar refractivity (Wildman–Crippen MR) is 115 cm³/mol. The maximum absolute atomic E-state index is 12.8. The van der Waals surface area contributed by atoms with E-state index >= 15 is 0 Å². The summed E-state index contributed by atoms with van der Waals surface area (Å²) in [5.74, 6) is -7.55. The van der Waals surface area contributed by atoms with Crippen LogP contribution in [0.5, 0.6) is 0 Å². The fraction of sp³-hybridized carbons (Fsp3) is 0.500. The van der Waals surface area contributed by atoms with Gasteiger partial charge in [0.25, 0.3) is 0 Å². The van der Waals surface area contributed by atoms with Gasteiger partial charge in [-0.2, -0.15) is 0 Å². The zero-order chi connectivity index (χ0) is 25.1. The first-order chi connectivity index (χ1) is 15.5. The molecule has 1 aromatic rings. The molecule has 3 atom stereocenters. The highest BCUT2D eigenvalue weighted by Gasteiger charge is 2.42. The van der Waals surface area contributed by atoms with Crippen LogP contribution in [0.4, 0.5) is 4.79 Å². The average Bonchev–Trinajstić information content (AvgIpc) is 2.79. The van der Waals surface area contributed by atoms with E-state index in [1.54, 1.807) is 38.1 Å². The Morgan fingerprint density at radius 3 is 1.88 bits per heavy atom. The van der Waals surface area contributed by atoms with Gasteiger partial charge in [-0.15, -0.1) is 0 Å². The van der Waals surface area contributed by atoms with Gasteiger partial charge < -0.3 is 30.0 Å². The highest BCUT2D eigenvalue weighted by molar-refractivity contribution is 5.96. The molecule has 11 heteroatoms. The van der Waals surface area contributed by atoms with E-state index in [1.165, 1.54) is 6.92 Å². The Morgan fingerprint density at radius 1 is 0.879 bits per heavy atom. The number of alkyl carbamates (subject to hydrolysis) is 1. The van der Waals surface area contributed by atoms with Crippen molar-refractivity contribution in [2.45, 2.75) is 39.5 Å². The maximum atomic E-state index is 12.8. The molecule has 0 radical (unpaired) electrons. The molecule has 0 aromatic heterocycles. The quantitative estimate of drug-likeness (QED) is 0.247. The second kappa shape index (κ2) is 13.0. The fourth-order valence-electron chi connectivity index (χ4n) is 3.06. The van der Waals surface area contributed by atoms with Crippen LogP contribution < -0.4 is 10.6 Å². The highest BCUT2D eigenvalue weighted by Crippen LogP contribution is 2.20. The SMILES string of the molecule is COC(=O)C(C(=O)OC)[C@H](C)[C@H](NC(=O)[C@H](NC(=O)OCc1ccccc1)C(C)C)C(=O)O. The summed E-state index contributed by atoms with van der Waals surface area (Å²) in [7, 11) is 2.08. The molecule has 0 saturated heterocycles. The van der Waals surface area contributed by atoms with Crippen molar-refractivity contribution in [3.05, 3.63) is 35.9 Å². The Hall–Kier alpha value is -3.63. The van der Waals surface area contributed by atoms with Crippen molar-refractivity contribution in [1.82, 2.24) is 10.6 Å². The van der Waals surface area contributed by atoms with E-state index in [0.29, 0.717) is 0 Å². The van der Waals surface area contributed by atoms with Gasteiger partial charge in [0.15, 0.2) is 5.92 Å². The average molecular weight is 466 g/mol. The number of amides is 2. The van der Waals surface area contributed by atoms with Crippen LogP contribution in [0, 0.1) is 17.8 Å². The molecular formula is C22H30N2O9. The number of carboxylic acids is 1. The predicted octanol–water partition coefficient (Wildman–Crippen LogP) is 1.11. The minimum atomic E-state index is -1.65. The molecule has 11 nitrogen and oxygen atoms in total. The van der Waals surface area contributed by atoms with Crippen molar-refractivity contribution in [2.75, 3.05) is 14.2 Å². The molecule has 0 unspecified atom stereocenters. The third kappa shape index (κ3) is 8.09. The number of carbonyl (C=O) groups excluding carboxylic acids is 4. The number of aliphatic carboxylic acids is 1. The summed E-state index contributed by atoms with van der Waals surface area (Å²) in [6.45, 7) is 4.57. The smallest absolute Gasteiger partial charge is 0.408 e. The molecule has 1 rings (SSSR count). The number of nitrogens with one attached hydrogen (secondary N) is 2. The van der Waals surface area contributed by atoms with Gasteiger partial charge in [-0.1, -0.05) is 51.1 Å². The number of carbonyl (C=O) groups is 5. The lowest BCUT2D eigenvalue weighted by Gasteiger charge is -2.28. The normalized spacial score (nSPS) is 13.4. The first kappa shape index (κ1) is 27.4. The maximum Gasteiger partial charge on any atom is 0.408 e. The van der Waals surface area contributed by atoms with Gasteiger partial charge in [0.05, 0.1) is 14.2 Å². The molecule has 182 valence electrons. The molecule has 1 aromatic carbocycles. The molecule has 0 heterocycles. The van der Waals surface area contributed by atoms with Gasteiger partial charge in [-0.25, -0.2) is 9.59 Å². The molecule has 3 N–H and O–H groups in total. The third-order valence-corrected chi connectivity index (χ3v) is 4.96. The fourth-order valence-corrected chi connectivity index (χ4v) is 3.06. The largest absolute Gasteiger partial charge is 0.480 e. The zero-order valence-electron chi connectivity index (χ0n) is 19.2. The third-order valence-electron chi connectivity index (χ3n) is 4.96. The second-order valence-corrected chi connectivity index (χ2v) is 7.64. The number of carboxylic acid groups (broad SMARTS) is 1. The monoisotopic (exact) mass is 466 g/mol. The molecule has 0 fully saturated rings. The first-order valence-electron chi connectivity index (χ1n) is 10.2. The minimum Gasteiger partial charge on any atom is -0.480 e. The molecule has 0 spiro atoms. The lowest BCUT2D eigenvalue weighted by atomic mass is 9.87. The van der Waals surface area contributed by atoms with Crippen LogP contribution in [0.2, 0.25) is 0 Å². The van der Waals surface area contributed by atoms with Gasteiger partial charge in [0, 0.05) is 5.92 Å². The minimum absolute atomic E-state index is 0.0200. The number of methoxy groups -OCH3 is 2. The summed E-state index contributed by atoms with van der Waals surface area (Å²) in [5.41, 5.74) is 0.745. The molecule has 0 aliphatic heterocycles. The lowest BCUT2D eigenvalue weighted by molar-refractivity contribution is -0.163. The van der Waals surface area contributed by atoms with E-state index in [4.69, 9.17) is 4.74 Å². The van der Waals surface area contributed by atoms with Gasteiger partial charge >= 0.3 is 24.0 Å². The van der Waals surface area contributed by atoms with Crippen LogP contribution in [0.15, 0.2) is 30.3 Å². The van der Waals surface area contributed by atoms with Gasteiger partial charge in [0.2, 0.25) is 5.91 Å². The Kier molecular flexibility index (Phi) is 10.8. The summed E-state index contributed by atoms with van der Waals surface area (Å²) in [4.78, 5) is 61.0. The van der Waals surface area contributed by atoms with Gasteiger partial charge in [-0.3, -0.25) is 14.4 Å². The van der Waals surface area contributed by atoms with Crippen LogP contribution >= 0.6 is 0 Å². The summed E-state index contributed by atoms with van der Waals surface area (Å²) in [6, 6.07) is 6.11. The second-order valence-electron chi connectivity index (χ2n) is 7.64. The van der Waals surface area contributed by atoms with E-state index in [9.17, 15) is 29.1 Å². The molecule has 0 bridgehead atoms. The molecule has 0 aliphatic rings. The van der Waals surface area contributed by atoms with Crippen molar-refractivity contribution in [3.8, 4) is 0 Å². The summed E-state index contributed by atoms with van der Waals surface area (Å²) < 4.78 is 14.3. The van der Waals surface area contributed by atoms with Crippen LogP contribution in [0.1, 0.15) is 26.3 Å². The summed E-state index contributed by atoms with van der Waals surface area (Å²) >= 11 is 0. The van der Waals surface area contributed by atoms with Crippen LogP contribution in [0.3, 0.4) is 0 Å². The van der Waals surface area contributed by atoms with Crippen molar-refractivity contribution in [3.63, 3.8) is 0 Å². The number of benzene rings is 1. The van der Waals surface area contributed by atoms with Crippen LogP contribution in [-0.4, -0.2) is 61.3 Å². The zero-order valence-corrected chi connectivity index (χ0v) is 19.2. The van der Waals surface area contributed by atoms with E-state index in [-0.39, 0.29) is 6.61 Å². The lowest BCUT2D eigenvalue weighted by Crippen LogP contribution is -2.57. The number of hydrogen-bond donors (Lipinski definition) is 3. The number of rotatable bonds is 11. The van der Waals surface area contributed by atoms with Crippen LogP contribution in [0.25, 0.3) is 0 Å². The Labute approximate surface area is 191 Å². The Balaban J connectivity index is 2.93. The van der Waals surface area contributed by atoms with Crippen molar-refractivity contribution < 1.29 is 43.3 Å². The summed E-state index contributed by atoms with van der Waals surface area (Å²) in [5, 5.41) is 14.3. The molecule has 33 heavy (non-hydrogen) atoms. The molecule has 0 saturated carbocycles. The van der Waals surface area contributed by atoms with E-state index in [1.807, 2.05) is 6.07 Å². The number of ether oxygens (including phenoxy) is 3.